The molecule has 0 saturated carbocycles. The van der Waals surface area contributed by atoms with E-state index in [0.29, 0.717) is 0 Å². The van der Waals surface area contributed by atoms with Crippen LogP contribution in [0.25, 0.3) is 0 Å². The van der Waals surface area contributed by atoms with E-state index in [0.717, 1.165) is 0 Å². The van der Waals surface area contributed by atoms with E-state index in [-0.39, 0.29) is 22.3 Å². The third-order valence-electron chi connectivity index (χ3n) is 0. The summed E-state index contributed by atoms with van der Waals surface area (Å²) in [6.45, 7) is 0. The summed E-state index contributed by atoms with van der Waals surface area (Å²) >= 11 is 0. The smallest absolute Gasteiger partial charge is 0.822 e. The first-order chi connectivity index (χ1) is 2.00. The average molecular weight is 172 g/mol. The van der Waals surface area contributed by atoms with E-state index in [9.17, 15) is 0 Å². The first-order valence-electron chi connectivity index (χ1n) is 0.730. The van der Waals surface area contributed by atoms with Crippen molar-refractivity contribution in [2.45, 2.75) is 0 Å². The molecule has 0 fully saturated rings. The molecule has 0 heterocycles. The van der Waals surface area contributed by atoms with Crippen LogP contribution in [0.2, 0.25) is 0 Å². The zero-order valence-electron chi connectivity index (χ0n) is 2.91. The van der Waals surface area contributed by atoms with Crippen LogP contribution in [0.1, 0.15) is 0 Å². The SMILES string of the molecule is O.O=P([O-])([O-])[O-].[Co+2]. The van der Waals surface area contributed by atoms with Gasteiger partial charge in [0.05, 0.1) is 0 Å². The molecule has 7 heavy (non-hydrogen) atoms. The van der Waals surface area contributed by atoms with E-state index in [1.165, 1.54) is 0 Å². The van der Waals surface area contributed by atoms with Crippen molar-refractivity contribution in [3.05, 3.63) is 0 Å². The Balaban J connectivity index is -0.0000000800. The van der Waals surface area contributed by atoms with Crippen LogP contribution in [-0.4, -0.2) is 5.48 Å². The molecule has 0 amide bonds. The summed E-state index contributed by atoms with van der Waals surface area (Å²) in [5.74, 6) is 0. The van der Waals surface area contributed by atoms with Gasteiger partial charge in [-0.3, -0.25) is 0 Å². The molecule has 2 N–H and O–H groups in total. The van der Waals surface area contributed by atoms with Crippen LogP contribution in [-0.2, 0) is 21.3 Å². The van der Waals surface area contributed by atoms with Crippen LogP contribution in [0.4, 0.5) is 0 Å². The van der Waals surface area contributed by atoms with Gasteiger partial charge in [-0.1, -0.05) is 0 Å². The van der Waals surface area contributed by atoms with Gasteiger partial charge in [0.2, 0.25) is 0 Å². The third-order valence-corrected chi connectivity index (χ3v) is 0. The van der Waals surface area contributed by atoms with Gasteiger partial charge < -0.3 is 24.7 Å². The van der Waals surface area contributed by atoms with Crippen LogP contribution in [0.5, 0.6) is 0 Å². The fraction of sp³-hybridized carbons (Fsp3) is 0. The third kappa shape index (κ3) is 414. The zero-order chi connectivity index (χ0) is 4.50. The maximum absolute atomic E-state index is 8.55. The van der Waals surface area contributed by atoms with Gasteiger partial charge in [-0.05, 0) is 0 Å². The molecule has 0 aromatic rings. The standard InChI is InChI=1S/Co.H3O4P.H2O/c;1-5(2,3)4;/h;(H3,1,2,3,4);1H2/q+2;;/p-3. The second kappa shape index (κ2) is 4.73. The number of phosphoric acid groups is 1. The van der Waals surface area contributed by atoms with Crippen molar-refractivity contribution >= 4 is 7.82 Å². The minimum Gasteiger partial charge on any atom is -0.822 e. The minimum atomic E-state index is -5.39. The van der Waals surface area contributed by atoms with Gasteiger partial charge in [-0.25, -0.2) is 0 Å². The van der Waals surface area contributed by atoms with E-state index in [2.05, 4.69) is 0 Å². The van der Waals surface area contributed by atoms with E-state index < -0.39 is 7.82 Å². The normalized spacial score (nSPS) is 8.43. The van der Waals surface area contributed by atoms with Gasteiger partial charge >= 0.3 is 16.8 Å². The van der Waals surface area contributed by atoms with Crippen molar-refractivity contribution in [1.29, 1.82) is 0 Å². The van der Waals surface area contributed by atoms with Crippen molar-refractivity contribution in [2.75, 3.05) is 0 Å². The Labute approximate surface area is 50.1 Å². The molecule has 7 heteroatoms. The van der Waals surface area contributed by atoms with Crippen molar-refractivity contribution in [3.63, 3.8) is 0 Å². The van der Waals surface area contributed by atoms with Gasteiger partial charge in [-0.2, -0.15) is 7.82 Å². The van der Waals surface area contributed by atoms with E-state index >= 15 is 0 Å². The van der Waals surface area contributed by atoms with Crippen molar-refractivity contribution in [2.24, 2.45) is 0 Å². The molecule has 0 unspecified atom stereocenters. The van der Waals surface area contributed by atoms with Gasteiger partial charge in [-0.15, -0.1) is 0 Å². The first-order valence-corrected chi connectivity index (χ1v) is 2.19. The molecule has 5 nitrogen and oxygen atoms in total. The summed E-state index contributed by atoms with van der Waals surface area (Å²) in [5.41, 5.74) is 0. The monoisotopic (exact) mass is 172 g/mol. The Morgan fingerprint density at radius 1 is 1.14 bits per heavy atom. The molecule has 0 aliphatic carbocycles. The molecule has 0 aliphatic rings. The Bertz CT molecular complexity index is 54.2. The molecule has 0 bridgehead atoms. The van der Waals surface area contributed by atoms with Gasteiger partial charge in [0.1, 0.15) is 0 Å². The quantitative estimate of drug-likeness (QED) is 0.350. The molecule has 0 spiro atoms. The number of hydrogen-bond acceptors (Lipinski definition) is 4. The van der Waals surface area contributed by atoms with Crippen molar-refractivity contribution in [3.8, 4) is 0 Å². The Kier molecular flexibility index (Phi) is 10.6. The molecule has 0 saturated heterocycles. The van der Waals surface area contributed by atoms with Gasteiger partial charge in [0.15, 0.2) is 0 Å². The minimum absolute atomic E-state index is 0. The molecule has 0 aliphatic heterocycles. The largest absolute Gasteiger partial charge is 2.00 e. The number of hydrogen-bond donors (Lipinski definition) is 0. The van der Waals surface area contributed by atoms with Crippen LogP contribution in [0.3, 0.4) is 0 Å². The predicted molar refractivity (Wildman–Crippen MR) is 11.2 cm³/mol. The topological polar surface area (TPSA) is 118 Å². The fourth-order valence-electron chi connectivity index (χ4n) is 0. The summed E-state index contributed by atoms with van der Waals surface area (Å²) in [7, 11) is -5.39. The van der Waals surface area contributed by atoms with Crippen molar-refractivity contribution < 1.29 is 41.5 Å². The summed E-state index contributed by atoms with van der Waals surface area (Å²) in [4.78, 5) is 25.6. The van der Waals surface area contributed by atoms with Gasteiger partial charge in [0.25, 0.3) is 0 Å². The summed E-state index contributed by atoms with van der Waals surface area (Å²) < 4.78 is 8.55. The predicted octanol–water partition coefficient (Wildman–Crippen LogP) is -3.65. The second-order valence-electron chi connectivity index (χ2n) is 0.447. The van der Waals surface area contributed by atoms with E-state index in [1.54, 1.807) is 0 Å². The average Bonchev–Trinajstić information content (AvgIpc) is 0.722. The summed E-state index contributed by atoms with van der Waals surface area (Å²) in [5, 5.41) is 0. The zero-order valence-corrected chi connectivity index (χ0v) is 4.85. The second-order valence-corrected chi connectivity index (χ2v) is 1.34. The van der Waals surface area contributed by atoms with E-state index in [4.69, 9.17) is 19.2 Å². The van der Waals surface area contributed by atoms with E-state index in [1.807, 2.05) is 0 Å². The maximum atomic E-state index is 8.55. The van der Waals surface area contributed by atoms with Crippen molar-refractivity contribution in [1.82, 2.24) is 0 Å². The summed E-state index contributed by atoms with van der Waals surface area (Å²) in [6.07, 6.45) is 0. The Morgan fingerprint density at radius 2 is 1.14 bits per heavy atom. The first kappa shape index (κ1) is 15.6. The van der Waals surface area contributed by atoms with Crippen LogP contribution in [0, 0.1) is 0 Å². The molecule has 47 valence electrons. The maximum Gasteiger partial charge on any atom is 2.00 e. The molecule has 0 atom stereocenters. The van der Waals surface area contributed by atoms with Crippen LogP contribution >= 0.6 is 7.82 Å². The Hall–Kier alpha value is 0.576. The molecule has 0 rings (SSSR count). The molecular formula is H2CoO5P-. The number of rotatable bonds is 0. The summed E-state index contributed by atoms with van der Waals surface area (Å²) in [6, 6.07) is 0. The molecular weight excluding hydrogens is 170 g/mol. The van der Waals surface area contributed by atoms with Gasteiger partial charge in [0, 0.05) is 0 Å². The van der Waals surface area contributed by atoms with Crippen LogP contribution in [0.15, 0.2) is 0 Å². The molecule has 0 aromatic carbocycles. The molecule has 1 radical (unpaired) electrons. The molecule has 0 aromatic heterocycles. The Morgan fingerprint density at radius 3 is 1.14 bits per heavy atom. The van der Waals surface area contributed by atoms with Crippen LogP contribution < -0.4 is 14.7 Å². The fourth-order valence-corrected chi connectivity index (χ4v) is 0.